The Morgan fingerprint density at radius 2 is 1.33 bits per heavy atom. The highest BCUT2D eigenvalue weighted by Crippen LogP contribution is 2.12. The summed E-state index contributed by atoms with van der Waals surface area (Å²) in [4.78, 5) is 11.5. The molecule has 2 nitrogen and oxygen atoms in total. The third-order valence-corrected chi connectivity index (χ3v) is 4.29. The number of carbonyl (C=O) groups is 1. The molecule has 4 heteroatoms. The van der Waals surface area contributed by atoms with E-state index in [1.807, 2.05) is 0 Å². The highest BCUT2D eigenvalue weighted by molar-refractivity contribution is 14.1. The Morgan fingerprint density at radius 3 is 1.78 bits per heavy atom. The molecule has 0 fully saturated rings. The van der Waals surface area contributed by atoms with Crippen LogP contribution in [0.2, 0.25) is 19.6 Å². The molecule has 0 spiro atoms. The number of unbranched alkanes of at least 4 members (excludes halogenated alkanes) is 7. The maximum Gasteiger partial charge on any atom is 0.292 e. The summed E-state index contributed by atoms with van der Waals surface area (Å²) in [6, 6.07) is 0. The van der Waals surface area contributed by atoms with Crippen LogP contribution < -0.4 is 0 Å². The summed E-state index contributed by atoms with van der Waals surface area (Å²) >= 11 is 2.44. The first-order valence-electron chi connectivity index (χ1n) is 7.23. The molecule has 108 valence electrons. The van der Waals surface area contributed by atoms with Crippen molar-refractivity contribution in [2.75, 3.05) is 4.43 Å². The normalized spacial score (nSPS) is 11.6. The summed E-state index contributed by atoms with van der Waals surface area (Å²) in [5, 5.41) is 0. The number of rotatable bonds is 11. The van der Waals surface area contributed by atoms with E-state index in [1.165, 1.54) is 49.4 Å². The van der Waals surface area contributed by atoms with Crippen LogP contribution in [0, 0.1) is 0 Å². The van der Waals surface area contributed by atoms with E-state index in [0.717, 1.165) is 6.42 Å². The molecule has 0 amide bonds. The van der Waals surface area contributed by atoms with Crippen molar-refractivity contribution in [2.45, 2.75) is 77.4 Å². The Bertz CT molecular complexity index is 214. The van der Waals surface area contributed by atoms with Gasteiger partial charge in [0.15, 0.2) is 0 Å². The maximum absolute atomic E-state index is 11.5. The molecular weight excluding hydrogens is 355 g/mol. The summed E-state index contributed by atoms with van der Waals surface area (Å²) in [6.07, 6.45) is 10.9. The minimum absolute atomic E-state index is 0.0104. The van der Waals surface area contributed by atoms with Crippen molar-refractivity contribution in [3.05, 3.63) is 0 Å². The Kier molecular flexibility index (Phi) is 11.5. The van der Waals surface area contributed by atoms with Crippen LogP contribution in [0.3, 0.4) is 0 Å². The third-order valence-electron chi connectivity index (χ3n) is 2.68. The molecular formula is C14H29IO2Si. The molecule has 18 heavy (non-hydrogen) atoms. The minimum atomic E-state index is -1.66. The monoisotopic (exact) mass is 384 g/mol. The molecule has 0 aromatic rings. The summed E-state index contributed by atoms with van der Waals surface area (Å²) < 4.78 is 6.70. The Balaban J connectivity index is 3.23. The molecule has 0 aliphatic rings. The number of alkyl halides is 1. The molecule has 0 radical (unpaired) electrons. The zero-order valence-electron chi connectivity index (χ0n) is 12.3. The predicted molar refractivity (Wildman–Crippen MR) is 89.9 cm³/mol. The van der Waals surface area contributed by atoms with Crippen LogP contribution >= 0.6 is 22.6 Å². The molecule has 0 aromatic carbocycles. The third kappa shape index (κ3) is 14.5. The van der Waals surface area contributed by atoms with Crippen LogP contribution in [-0.2, 0) is 9.22 Å². The van der Waals surface area contributed by atoms with E-state index in [4.69, 9.17) is 4.43 Å². The average Bonchev–Trinajstić information content (AvgIpc) is 2.24. The smallest absolute Gasteiger partial charge is 0.292 e. The van der Waals surface area contributed by atoms with E-state index >= 15 is 0 Å². The van der Waals surface area contributed by atoms with Gasteiger partial charge in [-0.15, -0.1) is 0 Å². The number of carbonyl (C=O) groups excluding carboxylic acids is 1. The summed E-state index contributed by atoms with van der Waals surface area (Å²) in [5.41, 5.74) is 0. The van der Waals surface area contributed by atoms with Gasteiger partial charge in [-0.2, -0.15) is 0 Å². The van der Waals surface area contributed by atoms with Crippen molar-refractivity contribution in [3.8, 4) is 0 Å². The largest absolute Gasteiger partial charge is 0.520 e. The summed E-state index contributed by atoms with van der Waals surface area (Å²) in [5.74, 6) is 0.0104. The van der Waals surface area contributed by atoms with Crippen molar-refractivity contribution < 1.29 is 9.22 Å². The molecule has 0 bridgehead atoms. The second-order valence-electron chi connectivity index (χ2n) is 5.85. The highest BCUT2D eigenvalue weighted by atomic mass is 127. The predicted octanol–water partition coefficient (Wildman–Crippen LogP) is 5.31. The summed E-state index contributed by atoms with van der Waals surface area (Å²) in [7, 11) is -1.66. The molecule has 0 N–H and O–H groups in total. The van der Waals surface area contributed by atoms with Crippen LogP contribution in [-0.4, -0.2) is 18.7 Å². The van der Waals surface area contributed by atoms with Gasteiger partial charge in [-0.05, 0) is 36.9 Å². The van der Waals surface area contributed by atoms with Crippen molar-refractivity contribution in [1.29, 1.82) is 0 Å². The quantitative estimate of drug-likeness (QED) is 0.209. The fraction of sp³-hybridized carbons (Fsp3) is 0.929. The Labute approximate surface area is 128 Å². The van der Waals surface area contributed by atoms with Crippen molar-refractivity contribution in [1.82, 2.24) is 0 Å². The number of hydrogen-bond donors (Lipinski definition) is 0. The van der Waals surface area contributed by atoms with Gasteiger partial charge in [0.2, 0.25) is 8.32 Å². The van der Waals surface area contributed by atoms with Gasteiger partial charge < -0.3 is 4.43 Å². The van der Waals surface area contributed by atoms with Gasteiger partial charge >= 0.3 is 0 Å². The van der Waals surface area contributed by atoms with E-state index in [2.05, 4.69) is 42.2 Å². The van der Waals surface area contributed by atoms with Crippen LogP contribution in [0.1, 0.15) is 57.8 Å². The topological polar surface area (TPSA) is 26.3 Å². The Morgan fingerprint density at radius 1 is 0.889 bits per heavy atom. The van der Waals surface area contributed by atoms with Crippen molar-refractivity contribution >= 4 is 36.9 Å². The van der Waals surface area contributed by atoms with E-state index in [0.29, 0.717) is 6.42 Å². The molecule has 0 aliphatic heterocycles. The maximum atomic E-state index is 11.5. The van der Waals surface area contributed by atoms with Gasteiger partial charge in [0.25, 0.3) is 5.97 Å². The zero-order chi connectivity index (χ0) is 13.9. The molecule has 0 unspecified atom stereocenters. The van der Waals surface area contributed by atoms with Gasteiger partial charge in [0.1, 0.15) is 0 Å². The van der Waals surface area contributed by atoms with Crippen LogP contribution in [0.25, 0.3) is 0 Å². The molecule has 0 aromatic heterocycles. The Hall–Kier alpha value is 0.417. The SMILES string of the molecule is C[Si](C)(C)OC(=O)CCCCCCCCCCI. The van der Waals surface area contributed by atoms with Crippen molar-refractivity contribution in [2.24, 2.45) is 0 Å². The molecule has 0 heterocycles. The van der Waals surface area contributed by atoms with E-state index in [9.17, 15) is 4.79 Å². The lowest BCUT2D eigenvalue weighted by molar-refractivity contribution is -0.135. The number of hydrogen-bond acceptors (Lipinski definition) is 2. The van der Waals surface area contributed by atoms with Gasteiger partial charge in [0, 0.05) is 6.42 Å². The first kappa shape index (κ1) is 18.4. The van der Waals surface area contributed by atoms with Crippen LogP contribution in [0.4, 0.5) is 0 Å². The second kappa shape index (κ2) is 11.3. The fourth-order valence-corrected chi connectivity index (χ4v) is 3.14. The minimum Gasteiger partial charge on any atom is -0.520 e. The van der Waals surface area contributed by atoms with Gasteiger partial charge in [0.05, 0.1) is 0 Å². The summed E-state index contributed by atoms with van der Waals surface area (Å²) in [6.45, 7) is 6.17. The fourth-order valence-electron chi connectivity index (χ4n) is 1.82. The van der Waals surface area contributed by atoms with Gasteiger partial charge in [-0.25, -0.2) is 0 Å². The molecule has 0 aliphatic carbocycles. The average molecular weight is 384 g/mol. The van der Waals surface area contributed by atoms with E-state index < -0.39 is 8.32 Å². The van der Waals surface area contributed by atoms with E-state index in [1.54, 1.807) is 0 Å². The molecule has 0 atom stereocenters. The van der Waals surface area contributed by atoms with Gasteiger partial charge in [-0.1, -0.05) is 61.1 Å². The van der Waals surface area contributed by atoms with Crippen molar-refractivity contribution in [3.63, 3.8) is 0 Å². The first-order valence-corrected chi connectivity index (χ1v) is 12.2. The van der Waals surface area contributed by atoms with Crippen LogP contribution in [0.5, 0.6) is 0 Å². The standard InChI is InChI=1S/C14H29IO2Si/c1-18(2,3)17-14(16)12-10-8-6-4-5-7-9-11-13-15/h4-13H2,1-3H3. The molecule has 0 saturated carbocycles. The lowest BCUT2D eigenvalue weighted by Crippen LogP contribution is -2.28. The highest BCUT2D eigenvalue weighted by Gasteiger charge is 2.19. The lowest BCUT2D eigenvalue weighted by Gasteiger charge is -2.17. The second-order valence-corrected chi connectivity index (χ2v) is 11.4. The lowest BCUT2D eigenvalue weighted by atomic mass is 10.1. The van der Waals surface area contributed by atoms with Crippen LogP contribution in [0.15, 0.2) is 0 Å². The molecule has 0 rings (SSSR count). The number of halogens is 1. The van der Waals surface area contributed by atoms with E-state index in [-0.39, 0.29) is 5.97 Å². The van der Waals surface area contributed by atoms with Gasteiger partial charge in [-0.3, -0.25) is 4.79 Å². The first-order chi connectivity index (χ1) is 8.45. The zero-order valence-corrected chi connectivity index (χ0v) is 15.4. The molecule has 0 saturated heterocycles.